The highest BCUT2D eigenvalue weighted by molar-refractivity contribution is 5.94. The van der Waals surface area contributed by atoms with Crippen LogP contribution in [0.25, 0.3) is 0 Å². The summed E-state index contributed by atoms with van der Waals surface area (Å²) < 4.78 is 0. The molecule has 7 nitrogen and oxygen atoms in total. The molecule has 0 aliphatic rings. The van der Waals surface area contributed by atoms with E-state index in [0.717, 1.165) is 0 Å². The van der Waals surface area contributed by atoms with Crippen molar-refractivity contribution < 1.29 is 14.8 Å². The summed E-state index contributed by atoms with van der Waals surface area (Å²) in [5, 5.41) is 30.7. The zero-order valence-electron chi connectivity index (χ0n) is 8.93. The molecule has 1 rings (SSSR count). The molecule has 0 heterocycles. The number of nitrogens with one attached hydrogen (secondary N) is 1. The number of rotatable bonds is 3. The van der Waals surface area contributed by atoms with Gasteiger partial charge in [0, 0.05) is 6.07 Å². The fourth-order valence-electron chi connectivity index (χ4n) is 1.26. The highest BCUT2D eigenvalue weighted by Crippen LogP contribution is 2.35. The predicted octanol–water partition coefficient (Wildman–Crippen LogP) is 1.46. The van der Waals surface area contributed by atoms with Crippen molar-refractivity contribution >= 4 is 17.3 Å². The van der Waals surface area contributed by atoms with E-state index in [1.165, 1.54) is 12.1 Å². The molecule has 0 radical (unpaired) electrons. The van der Waals surface area contributed by atoms with Crippen LogP contribution < -0.4 is 5.32 Å². The van der Waals surface area contributed by atoms with Crippen molar-refractivity contribution in [3.63, 3.8) is 0 Å². The molecule has 2 N–H and O–H groups in total. The first-order valence-corrected chi connectivity index (χ1v) is 4.60. The number of nitro benzene ring substituents is 1. The summed E-state index contributed by atoms with van der Waals surface area (Å²) in [5.41, 5.74) is -0.0454. The highest BCUT2D eigenvalue weighted by Gasteiger charge is 2.19. The molecular weight excluding hydrogens is 226 g/mol. The van der Waals surface area contributed by atoms with Gasteiger partial charge in [-0.25, -0.2) is 0 Å². The normalized spacial score (nSPS) is 9.41. The van der Waals surface area contributed by atoms with Gasteiger partial charge in [0.15, 0.2) is 0 Å². The molecule has 0 aliphatic heterocycles. The second-order valence-electron chi connectivity index (χ2n) is 3.32. The topological polar surface area (TPSA) is 116 Å². The third kappa shape index (κ3) is 2.92. The molecule has 0 saturated heterocycles. The molecule has 0 aliphatic carbocycles. The maximum Gasteiger partial charge on any atom is 0.313 e. The van der Waals surface area contributed by atoms with Crippen molar-refractivity contribution in [2.75, 3.05) is 5.32 Å². The zero-order chi connectivity index (χ0) is 13.0. The van der Waals surface area contributed by atoms with Crippen molar-refractivity contribution in [1.82, 2.24) is 0 Å². The van der Waals surface area contributed by atoms with Gasteiger partial charge in [-0.15, -0.1) is 0 Å². The van der Waals surface area contributed by atoms with Crippen LogP contribution >= 0.6 is 0 Å². The lowest BCUT2D eigenvalue weighted by atomic mass is 10.1. The van der Waals surface area contributed by atoms with E-state index in [1.54, 1.807) is 13.0 Å². The molecule has 7 heteroatoms. The van der Waals surface area contributed by atoms with Gasteiger partial charge < -0.3 is 10.4 Å². The molecule has 0 saturated carbocycles. The summed E-state index contributed by atoms with van der Waals surface area (Å²) in [6.45, 7) is 1.59. The van der Waals surface area contributed by atoms with Crippen LogP contribution in [0.1, 0.15) is 12.0 Å². The Hall–Kier alpha value is -2.62. The lowest BCUT2D eigenvalue weighted by molar-refractivity contribution is -0.385. The van der Waals surface area contributed by atoms with E-state index in [0.29, 0.717) is 5.56 Å². The van der Waals surface area contributed by atoms with Crippen LogP contribution in [0.15, 0.2) is 12.1 Å². The Balaban J connectivity index is 3.13. The maximum absolute atomic E-state index is 11.1. The van der Waals surface area contributed by atoms with E-state index in [4.69, 9.17) is 5.26 Å². The molecule has 17 heavy (non-hydrogen) atoms. The number of carbonyl (C=O) groups excluding carboxylic acids is 1. The van der Waals surface area contributed by atoms with E-state index in [1.807, 2.05) is 0 Å². The van der Waals surface area contributed by atoms with E-state index < -0.39 is 22.3 Å². The second-order valence-corrected chi connectivity index (χ2v) is 3.32. The summed E-state index contributed by atoms with van der Waals surface area (Å²) >= 11 is 0. The number of nitro groups is 1. The summed E-state index contributed by atoms with van der Waals surface area (Å²) in [6.07, 6.45) is -0.388. The number of amides is 1. The van der Waals surface area contributed by atoms with Gasteiger partial charge in [0.2, 0.25) is 11.7 Å². The number of nitrogens with zero attached hydrogens (tertiary/aromatic N) is 2. The van der Waals surface area contributed by atoms with Gasteiger partial charge in [0.25, 0.3) is 0 Å². The minimum Gasteiger partial charge on any atom is -0.501 e. The molecule has 0 atom stereocenters. The second kappa shape index (κ2) is 4.94. The number of aryl methyl sites for hydroxylation is 1. The number of carbonyl (C=O) groups is 1. The standard InChI is InChI=1S/C10H9N3O4/c1-6-4-7(12-9(14)2-3-11)10(15)8(5-6)13(16)17/h4-5,15H,2H2,1H3,(H,12,14). The van der Waals surface area contributed by atoms with E-state index in [9.17, 15) is 20.0 Å². The quantitative estimate of drug-likeness (QED) is 0.467. The van der Waals surface area contributed by atoms with Crippen LogP contribution in [0, 0.1) is 28.4 Å². The fourth-order valence-corrected chi connectivity index (χ4v) is 1.26. The third-order valence-corrected chi connectivity index (χ3v) is 1.94. The van der Waals surface area contributed by atoms with Crippen molar-refractivity contribution in [2.45, 2.75) is 13.3 Å². The predicted molar refractivity (Wildman–Crippen MR) is 58.4 cm³/mol. The van der Waals surface area contributed by atoms with Crippen molar-refractivity contribution in [1.29, 1.82) is 5.26 Å². The van der Waals surface area contributed by atoms with Crippen LogP contribution in [-0.2, 0) is 4.79 Å². The van der Waals surface area contributed by atoms with E-state index in [-0.39, 0.29) is 12.1 Å². The first kappa shape index (κ1) is 12.4. The molecule has 0 aromatic heterocycles. The molecule has 1 aromatic carbocycles. The van der Waals surface area contributed by atoms with Crippen LogP contribution in [0.5, 0.6) is 5.75 Å². The van der Waals surface area contributed by atoms with Crippen LogP contribution in [-0.4, -0.2) is 15.9 Å². The minimum atomic E-state index is -0.748. The van der Waals surface area contributed by atoms with Crippen molar-refractivity contribution in [3.8, 4) is 11.8 Å². The van der Waals surface area contributed by atoms with Gasteiger partial charge >= 0.3 is 5.69 Å². The molecule has 0 unspecified atom stereocenters. The maximum atomic E-state index is 11.1. The van der Waals surface area contributed by atoms with Crippen molar-refractivity contribution in [2.24, 2.45) is 0 Å². The number of hydrogen-bond acceptors (Lipinski definition) is 5. The Morgan fingerprint density at radius 2 is 2.29 bits per heavy atom. The van der Waals surface area contributed by atoms with E-state index in [2.05, 4.69) is 5.32 Å². The zero-order valence-corrected chi connectivity index (χ0v) is 8.93. The number of benzene rings is 1. The number of phenolic OH excluding ortho intramolecular Hbond substituents is 1. The van der Waals surface area contributed by atoms with Gasteiger partial charge in [-0.1, -0.05) is 0 Å². The minimum absolute atomic E-state index is 0.0723. The summed E-state index contributed by atoms with van der Waals surface area (Å²) in [6, 6.07) is 4.21. The Morgan fingerprint density at radius 1 is 1.65 bits per heavy atom. The summed E-state index contributed by atoms with van der Waals surface area (Å²) in [7, 11) is 0. The molecular formula is C10H9N3O4. The Labute approximate surface area is 96.4 Å². The summed E-state index contributed by atoms with van der Waals surface area (Å²) in [4.78, 5) is 21.0. The monoisotopic (exact) mass is 235 g/mol. The first-order chi connectivity index (χ1) is 7.95. The molecule has 0 spiro atoms. The number of hydrogen-bond donors (Lipinski definition) is 2. The Morgan fingerprint density at radius 3 is 2.82 bits per heavy atom. The Kier molecular flexibility index (Phi) is 3.62. The van der Waals surface area contributed by atoms with Gasteiger partial charge in [-0.3, -0.25) is 14.9 Å². The van der Waals surface area contributed by atoms with Crippen LogP contribution in [0.3, 0.4) is 0 Å². The van der Waals surface area contributed by atoms with Gasteiger partial charge in [0.1, 0.15) is 6.42 Å². The summed E-state index contributed by atoms with van der Waals surface area (Å²) in [5.74, 6) is -1.26. The van der Waals surface area contributed by atoms with Crippen molar-refractivity contribution in [3.05, 3.63) is 27.8 Å². The van der Waals surface area contributed by atoms with Crippen LogP contribution in [0.4, 0.5) is 11.4 Å². The Bertz CT molecular complexity index is 519. The lowest BCUT2D eigenvalue weighted by Crippen LogP contribution is -2.10. The van der Waals surface area contributed by atoms with Gasteiger partial charge in [0.05, 0.1) is 16.7 Å². The molecule has 0 bridgehead atoms. The number of phenols is 1. The van der Waals surface area contributed by atoms with Crippen LogP contribution in [0.2, 0.25) is 0 Å². The van der Waals surface area contributed by atoms with Gasteiger partial charge in [-0.05, 0) is 18.6 Å². The molecule has 1 amide bonds. The third-order valence-electron chi connectivity index (χ3n) is 1.94. The largest absolute Gasteiger partial charge is 0.501 e. The average Bonchev–Trinajstić information content (AvgIpc) is 2.22. The smallest absolute Gasteiger partial charge is 0.313 e. The average molecular weight is 235 g/mol. The van der Waals surface area contributed by atoms with Gasteiger partial charge in [-0.2, -0.15) is 5.26 Å². The molecule has 0 fully saturated rings. The number of nitriles is 1. The lowest BCUT2D eigenvalue weighted by Gasteiger charge is -2.07. The number of aromatic hydroxyl groups is 1. The SMILES string of the molecule is Cc1cc(NC(=O)CC#N)c(O)c([N+](=O)[O-])c1. The highest BCUT2D eigenvalue weighted by atomic mass is 16.6. The fraction of sp³-hybridized carbons (Fsp3) is 0.200. The number of anilines is 1. The first-order valence-electron chi connectivity index (χ1n) is 4.60. The molecule has 88 valence electrons. The molecule has 1 aromatic rings. The van der Waals surface area contributed by atoms with E-state index >= 15 is 0 Å².